The molecule has 0 aliphatic rings. The molecule has 6 nitrogen and oxygen atoms in total. The SMILES string of the molecule is CC(NC(=O)c1cccc(N(C)C)c1)c1cccc(NS(C)(=O)=O)c1. The molecule has 0 bridgehead atoms. The van der Waals surface area contributed by atoms with Crippen molar-refractivity contribution in [2.45, 2.75) is 13.0 Å². The molecule has 0 radical (unpaired) electrons. The minimum Gasteiger partial charge on any atom is -0.378 e. The summed E-state index contributed by atoms with van der Waals surface area (Å²) in [4.78, 5) is 14.4. The van der Waals surface area contributed by atoms with E-state index in [2.05, 4.69) is 10.0 Å². The Morgan fingerprint density at radius 1 is 1.08 bits per heavy atom. The smallest absolute Gasteiger partial charge is 0.251 e. The molecule has 2 rings (SSSR count). The average molecular weight is 361 g/mol. The van der Waals surface area contributed by atoms with Crippen LogP contribution in [0.3, 0.4) is 0 Å². The summed E-state index contributed by atoms with van der Waals surface area (Å²) in [6.07, 6.45) is 1.10. The third-order valence-corrected chi connectivity index (χ3v) is 4.27. The third-order valence-electron chi connectivity index (χ3n) is 3.66. The van der Waals surface area contributed by atoms with Crippen molar-refractivity contribution < 1.29 is 13.2 Å². The van der Waals surface area contributed by atoms with Crippen LogP contribution >= 0.6 is 0 Å². The van der Waals surface area contributed by atoms with E-state index in [4.69, 9.17) is 0 Å². The van der Waals surface area contributed by atoms with Crippen molar-refractivity contribution in [3.8, 4) is 0 Å². The summed E-state index contributed by atoms with van der Waals surface area (Å²) in [6.45, 7) is 1.85. The van der Waals surface area contributed by atoms with Crippen LogP contribution in [0.1, 0.15) is 28.9 Å². The van der Waals surface area contributed by atoms with Gasteiger partial charge < -0.3 is 10.2 Å². The monoisotopic (exact) mass is 361 g/mol. The fourth-order valence-corrected chi connectivity index (χ4v) is 2.93. The molecule has 0 aromatic heterocycles. The fraction of sp³-hybridized carbons (Fsp3) is 0.278. The number of sulfonamides is 1. The van der Waals surface area contributed by atoms with Gasteiger partial charge in [0.05, 0.1) is 12.3 Å². The van der Waals surface area contributed by atoms with Gasteiger partial charge in [0, 0.05) is 31.0 Å². The number of nitrogens with one attached hydrogen (secondary N) is 2. The van der Waals surface area contributed by atoms with E-state index in [1.54, 1.807) is 24.3 Å². The van der Waals surface area contributed by atoms with Crippen LogP contribution in [0.25, 0.3) is 0 Å². The number of amides is 1. The minimum absolute atomic E-state index is 0.183. The molecule has 2 N–H and O–H groups in total. The van der Waals surface area contributed by atoms with Crippen LogP contribution in [-0.4, -0.2) is 34.7 Å². The summed E-state index contributed by atoms with van der Waals surface area (Å²) in [5, 5.41) is 2.93. The molecule has 0 saturated heterocycles. The largest absolute Gasteiger partial charge is 0.378 e. The van der Waals surface area contributed by atoms with Crippen molar-refractivity contribution in [3.05, 3.63) is 59.7 Å². The number of carbonyl (C=O) groups excluding carboxylic acids is 1. The zero-order valence-electron chi connectivity index (χ0n) is 14.8. The summed E-state index contributed by atoms with van der Waals surface area (Å²) in [6, 6.07) is 14.1. The molecular weight excluding hydrogens is 338 g/mol. The first-order valence-corrected chi connectivity index (χ1v) is 9.71. The lowest BCUT2D eigenvalue weighted by Crippen LogP contribution is -2.27. The van der Waals surface area contributed by atoms with Crippen LogP contribution in [0.5, 0.6) is 0 Å². The van der Waals surface area contributed by atoms with E-state index in [1.807, 2.05) is 50.2 Å². The molecule has 1 amide bonds. The van der Waals surface area contributed by atoms with Crippen LogP contribution in [0.2, 0.25) is 0 Å². The van der Waals surface area contributed by atoms with Crippen molar-refractivity contribution in [2.75, 3.05) is 30.0 Å². The average Bonchev–Trinajstić information content (AvgIpc) is 2.53. The molecule has 25 heavy (non-hydrogen) atoms. The summed E-state index contributed by atoms with van der Waals surface area (Å²) in [5.74, 6) is -0.183. The second-order valence-corrected chi connectivity index (χ2v) is 7.89. The Morgan fingerprint density at radius 2 is 1.76 bits per heavy atom. The Balaban J connectivity index is 2.14. The summed E-state index contributed by atoms with van der Waals surface area (Å²) in [7, 11) is 0.493. The first kappa shape index (κ1) is 18.8. The Hall–Kier alpha value is -2.54. The van der Waals surface area contributed by atoms with Crippen LogP contribution in [-0.2, 0) is 10.0 Å². The highest BCUT2D eigenvalue weighted by molar-refractivity contribution is 7.92. The number of rotatable bonds is 6. The maximum atomic E-state index is 12.5. The van der Waals surface area contributed by atoms with E-state index in [1.165, 1.54) is 0 Å². The highest BCUT2D eigenvalue weighted by Gasteiger charge is 2.13. The molecule has 2 aromatic rings. The Bertz CT molecular complexity index is 863. The van der Waals surface area contributed by atoms with Gasteiger partial charge in [0.1, 0.15) is 0 Å². The predicted molar refractivity (Wildman–Crippen MR) is 102 cm³/mol. The summed E-state index contributed by atoms with van der Waals surface area (Å²) in [5.41, 5.74) is 2.80. The summed E-state index contributed by atoms with van der Waals surface area (Å²) < 4.78 is 25.1. The lowest BCUT2D eigenvalue weighted by atomic mass is 10.1. The zero-order valence-corrected chi connectivity index (χ0v) is 15.6. The second-order valence-electron chi connectivity index (χ2n) is 6.14. The van der Waals surface area contributed by atoms with Gasteiger partial charge >= 0.3 is 0 Å². The van der Waals surface area contributed by atoms with Gasteiger partial charge in [-0.15, -0.1) is 0 Å². The van der Waals surface area contributed by atoms with Gasteiger partial charge in [0.25, 0.3) is 5.91 Å². The molecule has 0 saturated carbocycles. The molecule has 0 heterocycles. The van der Waals surface area contributed by atoms with Gasteiger partial charge in [0.2, 0.25) is 10.0 Å². The number of nitrogens with zero attached hydrogens (tertiary/aromatic N) is 1. The molecule has 2 aromatic carbocycles. The first-order chi connectivity index (χ1) is 11.7. The van der Waals surface area contributed by atoms with Crippen molar-refractivity contribution >= 4 is 27.3 Å². The number of hydrogen-bond donors (Lipinski definition) is 2. The van der Waals surface area contributed by atoms with Crippen molar-refractivity contribution in [2.24, 2.45) is 0 Å². The normalized spacial score (nSPS) is 12.3. The molecule has 1 atom stereocenters. The lowest BCUT2D eigenvalue weighted by molar-refractivity contribution is 0.0940. The van der Waals surface area contributed by atoms with E-state index >= 15 is 0 Å². The molecule has 0 fully saturated rings. The minimum atomic E-state index is -3.34. The summed E-state index contributed by atoms with van der Waals surface area (Å²) >= 11 is 0. The highest BCUT2D eigenvalue weighted by Crippen LogP contribution is 2.19. The van der Waals surface area contributed by atoms with Crippen molar-refractivity contribution in [3.63, 3.8) is 0 Å². The van der Waals surface area contributed by atoms with E-state index in [-0.39, 0.29) is 11.9 Å². The van der Waals surface area contributed by atoms with E-state index in [0.29, 0.717) is 11.3 Å². The Labute approximate surface area is 148 Å². The third kappa shape index (κ3) is 5.49. The molecule has 1 unspecified atom stereocenters. The van der Waals surface area contributed by atoms with Gasteiger partial charge in [-0.2, -0.15) is 0 Å². The van der Waals surface area contributed by atoms with Gasteiger partial charge in [-0.1, -0.05) is 18.2 Å². The van der Waals surface area contributed by atoms with Crippen molar-refractivity contribution in [1.29, 1.82) is 0 Å². The van der Waals surface area contributed by atoms with E-state index < -0.39 is 10.0 Å². The molecule has 0 aliphatic carbocycles. The zero-order chi connectivity index (χ0) is 18.6. The quantitative estimate of drug-likeness (QED) is 0.829. The number of carbonyl (C=O) groups is 1. The number of anilines is 2. The van der Waals surface area contributed by atoms with Crippen LogP contribution < -0.4 is 14.9 Å². The molecule has 7 heteroatoms. The maximum absolute atomic E-state index is 12.5. The standard InChI is InChI=1S/C18H23N3O3S/c1-13(14-7-5-9-16(11-14)20-25(4,23)24)19-18(22)15-8-6-10-17(12-15)21(2)3/h5-13,20H,1-4H3,(H,19,22). The fourth-order valence-electron chi connectivity index (χ4n) is 2.37. The first-order valence-electron chi connectivity index (χ1n) is 7.82. The topological polar surface area (TPSA) is 78.5 Å². The van der Waals surface area contributed by atoms with Gasteiger partial charge in [0.15, 0.2) is 0 Å². The van der Waals surface area contributed by atoms with Crippen LogP contribution in [0.4, 0.5) is 11.4 Å². The van der Waals surface area contributed by atoms with Crippen molar-refractivity contribution in [1.82, 2.24) is 5.32 Å². The predicted octanol–water partition coefficient (Wildman–Crippen LogP) is 2.62. The van der Waals surface area contributed by atoms with E-state index in [9.17, 15) is 13.2 Å². The molecule has 0 aliphatic heterocycles. The second kappa shape index (κ2) is 7.57. The van der Waals surface area contributed by atoms with Crippen LogP contribution in [0.15, 0.2) is 48.5 Å². The van der Waals surface area contributed by atoms with Gasteiger partial charge in [-0.05, 0) is 42.8 Å². The number of benzene rings is 2. The van der Waals surface area contributed by atoms with Gasteiger partial charge in [-0.3, -0.25) is 9.52 Å². The number of hydrogen-bond acceptors (Lipinski definition) is 4. The highest BCUT2D eigenvalue weighted by atomic mass is 32.2. The molecular formula is C18H23N3O3S. The van der Waals surface area contributed by atoms with Crippen LogP contribution in [0, 0.1) is 0 Å². The maximum Gasteiger partial charge on any atom is 0.251 e. The molecule has 0 spiro atoms. The molecule has 134 valence electrons. The van der Waals surface area contributed by atoms with Gasteiger partial charge in [-0.25, -0.2) is 8.42 Å². The van der Waals surface area contributed by atoms with E-state index in [0.717, 1.165) is 17.5 Å². The lowest BCUT2D eigenvalue weighted by Gasteiger charge is -2.17. The Kier molecular flexibility index (Phi) is 5.69. The Morgan fingerprint density at radius 3 is 2.40 bits per heavy atom.